The molecule has 1 aromatic rings. The summed E-state index contributed by atoms with van der Waals surface area (Å²) in [6.45, 7) is -1.32. The first-order chi connectivity index (χ1) is 8.31. The van der Waals surface area contributed by atoms with Gasteiger partial charge >= 0.3 is 11.9 Å². The zero-order chi connectivity index (χ0) is 13.9. The molecule has 0 bridgehead atoms. The maximum atomic E-state index is 12.0. The van der Waals surface area contributed by atoms with Crippen LogP contribution in [0.1, 0.15) is 10.5 Å². The molecule has 0 aliphatic rings. The third kappa shape index (κ3) is 3.59. The summed E-state index contributed by atoms with van der Waals surface area (Å²) in [4.78, 5) is 34.0. The van der Waals surface area contributed by atoms with E-state index < -0.39 is 30.9 Å². The molecule has 0 saturated carbocycles. The minimum absolute atomic E-state index is 0.212. The molecule has 0 aromatic carbocycles. The average Bonchev–Trinajstić information content (AvgIpc) is 2.54. The number of aliphatic carboxylic acids is 2. The number of aromatic nitrogens is 1. The zero-order valence-corrected chi connectivity index (χ0v) is 11.0. The van der Waals surface area contributed by atoms with E-state index in [9.17, 15) is 14.4 Å². The van der Waals surface area contributed by atoms with Gasteiger partial charge in [-0.05, 0) is 22.0 Å². The van der Waals surface area contributed by atoms with E-state index >= 15 is 0 Å². The molecule has 0 unspecified atom stereocenters. The SMILES string of the molecule is Cn1cc(Br)cc1C(=O)N(CC(=O)O)CC(=O)O. The Hall–Kier alpha value is -1.83. The highest BCUT2D eigenvalue weighted by atomic mass is 79.9. The van der Waals surface area contributed by atoms with Crippen LogP contribution in [-0.4, -0.2) is 50.6 Å². The van der Waals surface area contributed by atoms with E-state index in [0.717, 1.165) is 4.90 Å². The molecule has 0 aliphatic carbocycles. The van der Waals surface area contributed by atoms with Crippen LogP contribution in [0.15, 0.2) is 16.7 Å². The molecule has 18 heavy (non-hydrogen) atoms. The lowest BCUT2D eigenvalue weighted by molar-refractivity contribution is -0.140. The number of carboxylic acids is 2. The lowest BCUT2D eigenvalue weighted by atomic mass is 10.3. The third-order valence-corrected chi connectivity index (χ3v) is 2.56. The Labute approximate surface area is 111 Å². The molecule has 0 radical (unpaired) electrons. The molecule has 0 atom stereocenters. The van der Waals surface area contributed by atoms with Crippen molar-refractivity contribution >= 4 is 33.8 Å². The van der Waals surface area contributed by atoms with Gasteiger partial charge in [-0.25, -0.2) is 0 Å². The summed E-state index contributed by atoms with van der Waals surface area (Å²) < 4.78 is 2.14. The number of nitrogens with zero attached hydrogens (tertiary/aromatic N) is 2. The standard InChI is InChI=1S/C10H11BrN2O5/c1-12-3-6(11)2-7(12)10(18)13(4-8(14)15)5-9(16)17/h2-3H,4-5H2,1H3,(H,14,15)(H,16,17). The van der Waals surface area contributed by atoms with Crippen molar-refractivity contribution < 1.29 is 24.6 Å². The molecule has 7 nitrogen and oxygen atoms in total. The molecule has 1 rings (SSSR count). The lowest BCUT2D eigenvalue weighted by Crippen LogP contribution is -2.40. The van der Waals surface area contributed by atoms with E-state index in [1.54, 1.807) is 13.2 Å². The molecule has 8 heteroatoms. The van der Waals surface area contributed by atoms with Crippen molar-refractivity contribution in [2.24, 2.45) is 7.05 Å². The fourth-order valence-electron chi connectivity index (χ4n) is 1.42. The van der Waals surface area contributed by atoms with Crippen LogP contribution >= 0.6 is 15.9 Å². The number of aryl methyl sites for hydroxylation is 1. The van der Waals surface area contributed by atoms with Crippen molar-refractivity contribution in [2.75, 3.05) is 13.1 Å². The van der Waals surface area contributed by atoms with Crippen LogP contribution in [-0.2, 0) is 16.6 Å². The summed E-state index contributed by atoms with van der Waals surface area (Å²) in [6.07, 6.45) is 1.62. The molecule has 98 valence electrons. The molecule has 0 fully saturated rings. The van der Waals surface area contributed by atoms with Gasteiger partial charge in [0, 0.05) is 17.7 Å². The number of carbonyl (C=O) groups is 3. The minimum Gasteiger partial charge on any atom is -0.480 e. The fourth-order valence-corrected chi connectivity index (χ4v) is 1.95. The first kappa shape index (κ1) is 14.2. The normalized spacial score (nSPS) is 10.1. The highest BCUT2D eigenvalue weighted by Crippen LogP contribution is 2.15. The predicted molar refractivity (Wildman–Crippen MR) is 64.3 cm³/mol. The van der Waals surface area contributed by atoms with Crippen molar-refractivity contribution in [2.45, 2.75) is 0 Å². The molecular weight excluding hydrogens is 308 g/mol. The number of amides is 1. The zero-order valence-electron chi connectivity index (χ0n) is 9.46. The van der Waals surface area contributed by atoms with Crippen molar-refractivity contribution in [3.05, 3.63) is 22.4 Å². The molecule has 1 heterocycles. The van der Waals surface area contributed by atoms with Gasteiger partial charge < -0.3 is 19.7 Å². The highest BCUT2D eigenvalue weighted by Gasteiger charge is 2.23. The summed E-state index contributed by atoms with van der Waals surface area (Å²) >= 11 is 3.18. The summed E-state index contributed by atoms with van der Waals surface area (Å²) in [6, 6.07) is 1.50. The van der Waals surface area contributed by atoms with Crippen molar-refractivity contribution in [3.8, 4) is 0 Å². The van der Waals surface area contributed by atoms with Gasteiger partial charge in [0.2, 0.25) is 0 Å². The Morgan fingerprint density at radius 1 is 1.28 bits per heavy atom. The second kappa shape index (κ2) is 5.67. The number of carbonyl (C=O) groups excluding carboxylic acids is 1. The van der Waals surface area contributed by atoms with Gasteiger partial charge in [-0.3, -0.25) is 14.4 Å². The van der Waals surface area contributed by atoms with Crippen LogP contribution in [0.2, 0.25) is 0 Å². The Kier molecular flexibility index (Phi) is 4.49. The molecule has 1 aromatic heterocycles. The van der Waals surface area contributed by atoms with Crippen molar-refractivity contribution in [1.82, 2.24) is 9.47 Å². The van der Waals surface area contributed by atoms with Crippen LogP contribution in [0.25, 0.3) is 0 Å². The van der Waals surface area contributed by atoms with Crippen LogP contribution in [0, 0.1) is 0 Å². The monoisotopic (exact) mass is 318 g/mol. The van der Waals surface area contributed by atoms with E-state index in [0.29, 0.717) is 4.47 Å². The Bertz CT molecular complexity index is 480. The van der Waals surface area contributed by atoms with Gasteiger partial charge in [-0.2, -0.15) is 0 Å². The topological polar surface area (TPSA) is 99.8 Å². The van der Waals surface area contributed by atoms with Gasteiger partial charge in [0.05, 0.1) is 0 Å². The number of hydrogen-bond donors (Lipinski definition) is 2. The Morgan fingerprint density at radius 2 is 1.78 bits per heavy atom. The second-order valence-electron chi connectivity index (χ2n) is 3.60. The van der Waals surface area contributed by atoms with E-state index in [-0.39, 0.29) is 5.69 Å². The van der Waals surface area contributed by atoms with E-state index in [4.69, 9.17) is 10.2 Å². The van der Waals surface area contributed by atoms with Crippen molar-refractivity contribution in [1.29, 1.82) is 0 Å². The third-order valence-electron chi connectivity index (χ3n) is 2.13. The Balaban J connectivity index is 2.97. The van der Waals surface area contributed by atoms with E-state index in [1.165, 1.54) is 10.6 Å². The van der Waals surface area contributed by atoms with E-state index in [2.05, 4.69) is 15.9 Å². The first-order valence-corrected chi connectivity index (χ1v) is 5.65. The smallest absolute Gasteiger partial charge is 0.323 e. The number of halogens is 1. The number of hydrogen-bond acceptors (Lipinski definition) is 3. The summed E-state index contributed by atoms with van der Waals surface area (Å²) in [5.74, 6) is -3.18. The van der Waals surface area contributed by atoms with Gasteiger partial charge in [-0.1, -0.05) is 0 Å². The van der Waals surface area contributed by atoms with Crippen LogP contribution in [0.5, 0.6) is 0 Å². The van der Waals surface area contributed by atoms with Crippen molar-refractivity contribution in [3.63, 3.8) is 0 Å². The summed E-state index contributed by atoms with van der Waals surface area (Å²) in [5, 5.41) is 17.3. The molecular formula is C10H11BrN2O5. The molecule has 2 N–H and O–H groups in total. The largest absolute Gasteiger partial charge is 0.480 e. The molecule has 0 aliphatic heterocycles. The van der Waals surface area contributed by atoms with Crippen LogP contribution in [0.4, 0.5) is 0 Å². The predicted octanol–water partition coefficient (Wildman–Crippen LogP) is 0.399. The maximum Gasteiger partial charge on any atom is 0.323 e. The maximum absolute atomic E-state index is 12.0. The van der Waals surface area contributed by atoms with Gasteiger partial charge in [0.25, 0.3) is 5.91 Å². The minimum atomic E-state index is -1.27. The highest BCUT2D eigenvalue weighted by molar-refractivity contribution is 9.10. The van der Waals surface area contributed by atoms with Gasteiger partial charge in [0.1, 0.15) is 18.8 Å². The second-order valence-corrected chi connectivity index (χ2v) is 4.52. The van der Waals surface area contributed by atoms with Gasteiger partial charge in [-0.15, -0.1) is 0 Å². The molecule has 1 amide bonds. The number of rotatable bonds is 5. The average molecular weight is 319 g/mol. The van der Waals surface area contributed by atoms with Gasteiger partial charge in [0.15, 0.2) is 0 Å². The first-order valence-electron chi connectivity index (χ1n) is 4.86. The van der Waals surface area contributed by atoms with E-state index in [1.807, 2.05) is 0 Å². The van der Waals surface area contributed by atoms with Crippen LogP contribution < -0.4 is 0 Å². The van der Waals surface area contributed by atoms with Crippen LogP contribution in [0.3, 0.4) is 0 Å². The number of carboxylic acid groups (broad SMARTS) is 2. The quantitative estimate of drug-likeness (QED) is 0.818. The summed E-state index contributed by atoms with van der Waals surface area (Å²) in [7, 11) is 1.61. The Morgan fingerprint density at radius 3 is 2.11 bits per heavy atom. The summed E-state index contributed by atoms with van der Waals surface area (Å²) in [5.41, 5.74) is 0.212. The molecule has 0 saturated heterocycles. The molecule has 0 spiro atoms. The fraction of sp³-hybridized carbons (Fsp3) is 0.300. The lowest BCUT2D eigenvalue weighted by Gasteiger charge is -2.18.